The Balaban J connectivity index is 2.30. The summed E-state index contributed by atoms with van der Waals surface area (Å²) in [5.74, 6) is -1.36. The second-order valence-corrected chi connectivity index (χ2v) is 4.85. The van der Waals surface area contributed by atoms with Gasteiger partial charge in [-0.3, -0.25) is 14.4 Å². The smallest absolute Gasteiger partial charge is 0.150 e. The molecule has 1 aliphatic carbocycles. The first-order valence-electron chi connectivity index (χ1n) is 6.75. The highest BCUT2D eigenvalue weighted by molar-refractivity contribution is 6.20. The first-order chi connectivity index (χ1) is 8.16. The predicted molar refractivity (Wildman–Crippen MR) is 65.7 cm³/mol. The van der Waals surface area contributed by atoms with Crippen LogP contribution in [0.3, 0.4) is 0 Å². The highest BCUT2D eigenvalue weighted by atomic mass is 16.2. The number of Topliss-reactive ketones (excluding diaryl/α,β-unsaturated/α-hetero) is 3. The van der Waals surface area contributed by atoms with Crippen molar-refractivity contribution in [1.29, 1.82) is 0 Å². The van der Waals surface area contributed by atoms with Crippen LogP contribution >= 0.6 is 0 Å². The van der Waals surface area contributed by atoms with Gasteiger partial charge in [0.15, 0.2) is 17.3 Å². The van der Waals surface area contributed by atoms with Crippen LogP contribution in [0.5, 0.6) is 0 Å². The average molecular weight is 238 g/mol. The third-order valence-corrected chi connectivity index (χ3v) is 3.34. The molecule has 1 saturated carbocycles. The molecule has 1 aliphatic rings. The van der Waals surface area contributed by atoms with Crippen molar-refractivity contribution in [3.05, 3.63) is 0 Å². The maximum absolute atomic E-state index is 11.8. The second kappa shape index (κ2) is 7.36. The number of carbonyl (C=O) groups excluding carboxylic acids is 3. The molecule has 0 saturated heterocycles. The van der Waals surface area contributed by atoms with Crippen molar-refractivity contribution in [2.45, 2.75) is 64.7 Å². The first-order valence-corrected chi connectivity index (χ1v) is 6.75. The quantitative estimate of drug-likeness (QED) is 0.506. The molecule has 0 heterocycles. The van der Waals surface area contributed by atoms with Crippen molar-refractivity contribution in [3.63, 3.8) is 0 Å². The Bertz CT molecular complexity index is 278. The zero-order valence-electron chi connectivity index (χ0n) is 10.7. The standard InChI is InChI=1S/C14H22O3/c1-2-3-4-5-6-8-11(15)14-12(16)9-7-10-13(14)17/h14H,2-10H2,1H3. The molecular weight excluding hydrogens is 216 g/mol. The number of carbonyl (C=O) groups is 3. The van der Waals surface area contributed by atoms with Crippen LogP contribution in [0.1, 0.15) is 64.7 Å². The molecule has 0 radical (unpaired) electrons. The fourth-order valence-corrected chi connectivity index (χ4v) is 2.31. The van der Waals surface area contributed by atoms with E-state index in [1.807, 2.05) is 0 Å². The van der Waals surface area contributed by atoms with E-state index in [-0.39, 0.29) is 17.3 Å². The van der Waals surface area contributed by atoms with E-state index in [4.69, 9.17) is 0 Å². The Morgan fingerprint density at radius 3 is 2.24 bits per heavy atom. The van der Waals surface area contributed by atoms with Gasteiger partial charge in [0.2, 0.25) is 0 Å². The molecule has 96 valence electrons. The average Bonchev–Trinajstić information content (AvgIpc) is 2.28. The lowest BCUT2D eigenvalue weighted by Gasteiger charge is -2.17. The normalized spacial score (nSPS) is 17.5. The SMILES string of the molecule is CCCCCCCC(=O)C1C(=O)CCCC1=O. The second-order valence-electron chi connectivity index (χ2n) is 4.85. The van der Waals surface area contributed by atoms with Crippen molar-refractivity contribution in [1.82, 2.24) is 0 Å². The molecule has 0 aromatic rings. The van der Waals surface area contributed by atoms with Gasteiger partial charge in [0.25, 0.3) is 0 Å². The van der Waals surface area contributed by atoms with Gasteiger partial charge in [-0.15, -0.1) is 0 Å². The Labute approximate surface area is 103 Å². The van der Waals surface area contributed by atoms with Gasteiger partial charge in [0.1, 0.15) is 5.92 Å². The van der Waals surface area contributed by atoms with Crippen LogP contribution in [0.2, 0.25) is 0 Å². The van der Waals surface area contributed by atoms with Crippen molar-refractivity contribution in [2.24, 2.45) is 5.92 Å². The van der Waals surface area contributed by atoms with E-state index in [0.29, 0.717) is 25.7 Å². The lowest BCUT2D eigenvalue weighted by atomic mass is 9.82. The molecule has 3 heteroatoms. The number of ketones is 3. The van der Waals surface area contributed by atoms with Gasteiger partial charge in [-0.05, 0) is 12.8 Å². The molecule has 0 amide bonds. The first kappa shape index (κ1) is 14.1. The third-order valence-electron chi connectivity index (χ3n) is 3.34. The van der Waals surface area contributed by atoms with Crippen molar-refractivity contribution in [2.75, 3.05) is 0 Å². The molecule has 0 aromatic carbocycles. The van der Waals surface area contributed by atoms with E-state index in [1.165, 1.54) is 12.8 Å². The maximum Gasteiger partial charge on any atom is 0.150 e. The van der Waals surface area contributed by atoms with E-state index in [1.54, 1.807) is 0 Å². The number of rotatable bonds is 7. The monoisotopic (exact) mass is 238 g/mol. The van der Waals surface area contributed by atoms with Gasteiger partial charge in [-0.2, -0.15) is 0 Å². The predicted octanol–water partition coefficient (Wildman–Crippen LogP) is 2.85. The summed E-state index contributed by atoms with van der Waals surface area (Å²) in [5.41, 5.74) is 0. The molecule has 0 spiro atoms. The van der Waals surface area contributed by atoms with Crippen LogP contribution < -0.4 is 0 Å². The highest BCUT2D eigenvalue weighted by Gasteiger charge is 2.34. The van der Waals surface area contributed by atoms with Crippen LogP contribution in [-0.4, -0.2) is 17.3 Å². The third kappa shape index (κ3) is 4.41. The van der Waals surface area contributed by atoms with Gasteiger partial charge < -0.3 is 0 Å². The number of unbranched alkanes of at least 4 members (excludes halogenated alkanes) is 4. The lowest BCUT2D eigenvalue weighted by molar-refractivity contribution is -0.142. The summed E-state index contributed by atoms with van der Waals surface area (Å²) in [6.45, 7) is 2.14. The summed E-state index contributed by atoms with van der Waals surface area (Å²) in [5, 5.41) is 0. The fraction of sp³-hybridized carbons (Fsp3) is 0.786. The van der Waals surface area contributed by atoms with Gasteiger partial charge in [-0.1, -0.05) is 32.6 Å². The van der Waals surface area contributed by atoms with E-state index < -0.39 is 5.92 Å². The Hall–Kier alpha value is -0.990. The fourth-order valence-electron chi connectivity index (χ4n) is 2.31. The van der Waals surface area contributed by atoms with E-state index in [9.17, 15) is 14.4 Å². The van der Waals surface area contributed by atoms with E-state index in [0.717, 1.165) is 19.3 Å². The molecule has 17 heavy (non-hydrogen) atoms. The highest BCUT2D eigenvalue weighted by Crippen LogP contribution is 2.20. The van der Waals surface area contributed by atoms with Gasteiger partial charge >= 0.3 is 0 Å². The lowest BCUT2D eigenvalue weighted by Crippen LogP contribution is -2.35. The zero-order valence-corrected chi connectivity index (χ0v) is 10.7. The van der Waals surface area contributed by atoms with Crippen LogP contribution in [0.4, 0.5) is 0 Å². The summed E-state index contributed by atoms with van der Waals surface area (Å²) in [6, 6.07) is 0. The van der Waals surface area contributed by atoms with Crippen LogP contribution in [0, 0.1) is 5.92 Å². The molecule has 0 atom stereocenters. The molecule has 0 bridgehead atoms. The summed E-state index contributed by atoms with van der Waals surface area (Å²) in [6.07, 6.45) is 7.16. The molecule has 0 aromatic heterocycles. The van der Waals surface area contributed by atoms with Crippen molar-refractivity contribution < 1.29 is 14.4 Å². The van der Waals surface area contributed by atoms with Gasteiger partial charge in [0, 0.05) is 19.3 Å². The molecule has 1 fully saturated rings. The maximum atomic E-state index is 11.8. The Morgan fingerprint density at radius 1 is 1.06 bits per heavy atom. The van der Waals surface area contributed by atoms with E-state index >= 15 is 0 Å². The minimum atomic E-state index is -0.907. The Kier molecular flexibility index (Phi) is 6.09. The largest absolute Gasteiger partial charge is 0.298 e. The summed E-state index contributed by atoms with van der Waals surface area (Å²) in [4.78, 5) is 34.9. The van der Waals surface area contributed by atoms with E-state index in [2.05, 4.69) is 6.92 Å². The van der Waals surface area contributed by atoms with Crippen LogP contribution in [0.25, 0.3) is 0 Å². The van der Waals surface area contributed by atoms with Crippen molar-refractivity contribution in [3.8, 4) is 0 Å². The molecule has 0 unspecified atom stereocenters. The zero-order chi connectivity index (χ0) is 12.7. The summed E-state index contributed by atoms with van der Waals surface area (Å²) >= 11 is 0. The molecule has 0 aliphatic heterocycles. The number of hydrogen-bond acceptors (Lipinski definition) is 3. The Morgan fingerprint density at radius 2 is 1.65 bits per heavy atom. The molecule has 1 rings (SSSR count). The minimum absolute atomic E-state index is 0.142. The molecular formula is C14H22O3. The van der Waals surface area contributed by atoms with Gasteiger partial charge in [-0.25, -0.2) is 0 Å². The summed E-state index contributed by atoms with van der Waals surface area (Å²) < 4.78 is 0. The summed E-state index contributed by atoms with van der Waals surface area (Å²) in [7, 11) is 0. The number of hydrogen-bond donors (Lipinski definition) is 0. The molecule has 0 N–H and O–H groups in total. The molecule has 3 nitrogen and oxygen atoms in total. The van der Waals surface area contributed by atoms with Gasteiger partial charge in [0.05, 0.1) is 0 Å². The van der Waals surface area contributed by atoms with Crippen LogP contribution in [0.15, 0.2) is 0 Å². The van der Waals surface area contributed by atoms with Crippen LogP contribution in [-0.2, 0) is 14.4 Å². The topological polar surface area (TPSA) is 51.2 Å². The minimum Gasteiger partial charge on any atom is -0.298 e. The van der Waals surface area contributed by atoms with Crippen molar-refractivity contribution >= 4 is 17.3 Å².